The number of rotatable bonds is 4. The lowest BCUT2D eigenvalue weighted by Crippen LogP contribution is -2.04. The van der Waals surface area contributed by atoms with Crippen molar-refractivity contribution in [3.8, 4) is 11.1 Å². The number of aryl methyl sites for hydroxylation is 1. The van der Waals surface area contributed by atoms with Crippen molar-refractivity contribution in [3.63, 3.8) is 0 Å². The SMILES string of the molecule is Cc1nc(NCc2nc3ccccc3s2)c2c(-c3ccccc3)cccc2n1. The predicted molar refractivity (Wildman–Crippen MR) is 117 cm³/mol. The molecule has 0 unspecified atom stereocenters. The van der Waals surface area contributed by atoms with Gasteiger partial charge in [-0.2, -0.15) is 0 Å². The first-order chi connectivity index (χ1) is 13.8. The van der Waals surface area contributed by atoms with E-state index < -0.39 is 0 Å². The fourth-order valence-corrected chi connectivity index (χ4v) is 4.35. The molecule has 4 nitrogen and oxygen atoms in total. The molecule has 0 spiro atoms. The topological polar surface area (TPSA) is 50.7 Å². The molecule has 5 heteroatoms. The number of anilines is 1. The van der Waals surface area contributed by atoms with Gasteiger partial charge in [-0.1, -0.05) is 54.6 Å². The third-order valence-corrected chi connectivity index (χ3v) is 5.70. The van der Waals surface area contributed by atoms with E-state index in [0.29, 0.717) is 6.54 Å². The maximum Gasteiger partial charge on any atom is 0.138 e. The number of thiazole rings is 1. The standard InChI is InChI=1S/C23H18N4S/c1-15-25-19-12-7-10-17(16-8-3-2-4-9-16)22(19)23(26-15)24-14-21-27-18-11-5-6-13-20(18)28-21/h2-13H,14H2,1H3,(H,24,25,26). The highest BCUT2D eigenvalue weighted by Crippen LogP contribution is 2.33. The summed E-state index contributed by atoms with van der Waals surface area (Å²) >= 11 is 1.71. The van der Waals surface area contributed by atoms with Crippen molar-refractivity contribution in [1.29, 1.82) is 0 Å². The number of para-hydroxylation sites is 1. The van der Waals surface area contributed by atoms with Gasteiger partial charge < -0.3 is 5.32 Å². The average molecular weight is 382 g/mol. The first-order valence-electron chi connectivity index (χ1n) is 9.19. The van der Waals surface area contributed by atoms with Crippen molar-refractivity contribution in [2.75, 3.05) is 5.32 Å². The van der Waals surface area contributed by atoms with Crippen LogP contribution < -0.4 is 5.32 Å². The third-order valence-electron chi connectivity index (χ3n) is 4.67. The summed E-state index contributed by atoms with van der Waals surface area (Å²) in [5, 5.41) is 5.60. The zero-order chi connectivity index (χ0) is 18.9. The summed E-state index contributed by atoms with van der Waals surface area (Å²) in [4.78, 5) is 14.1. The molecule has 0 aliphatic rings. The average Bonchev–Trinajstić information content (AvgIpc) is 3.15. The second kappa shape index (κ2) is 7.02. The Balaban J connectivity index is 1.58. The van der Waals surface area contributed by atoms with Crippen LogP contribution in [-0.2, 0) is 6.54 Å². The Kier molecular flexibility index (Phi) is 4.22. The van der Waals surface area contributed by atoms with Crippen LogP contribution in [0.1, 0.15) is 10.8 Å². The van der Waals surface area contributed by atoms with Gasteiger partial charge in [-0.15, -0.1) is 11.3 Å². The fraction of sp³-hybridized carbons (Fsp3) is 0.0870. The summed E-state index contributed by atoms with van der Waals surface area (Å²) in [6.45, 7) is 2.56. The van der Waals surface area contributed by atoms with Gasteiger partial charge in [0.2, 0.25) is 0 Å². The molecule has 0 atom stereocenters. The van der Waals surface area contributed by atoms with E-state index in [1.807, 2.05) is 37.3 Å². The molecule has 5 aromatic rings. The van der Waals surface area contributed by atoms with Gasteiger partial charge in [0.25, 0.3) is 0 Å². The van der Waals surface area contributed by atoms with Gasteiger partial charge in [0.1, 0.15) is 16.6 Å². The van der Waals surface area contributed by atoms with E-state index in [9.17, 15) is 0 Å². The minimum Gasteiger partial charge on any atom is -0.363 e. The highest BCUT2D eigenvalue weighted by molar-refractivity contribution is 7.18. The van der Waals surface area contributed by atoms with Gasteiger partial charge in [0.05, 0.1) is 27.7 Å². The molecule has 0 radical (unpaired) electrons. The Hall–Kier alpha value is -3.31. The van der Waals surface area contributed by atoms with E-state index in [-0.39, 0.29) is 0 Å². The number of nitrogens with one attached hydrogen (secondary N) is 1. The monoisotopic (exact) mass is 382 g/mol. The number of benzene rings is 3. The van der Waals surface area contributed by atoms with Crippen molar-refractivity contribution in [1.82, 2.24) is 15.0 Å². The Bertz CT molecular complexity index is 1250. The molecule has 1 N–H and O–H groups in total. The highest BCUT2D eigenvalue weighted by Gasteiger charge is 2.12. The van der Waals surface area contributed by atoms with Crippen LogP contribution >= 0.6 is 11.3 Å². The van der Waals surface area contributed by atoms with Crippen LogP contribution in [0.4, 0.5) is 5.82 Å². The van der Waals surface area contributed by atoms with Crippen LogP contribution in [-0.4, -0.2) is 15.0 Å². The summed E-state index contributed by atoms with van der Waals surface area (Å²) in [6, 6.07) is 24.8. The molecule has 136 valence electrons. The molecule has 2 aromatic heterocycles. The quantitative estimate of drug-likeness (QED) is 0.425. The minimum absolute atomic E-state index is 0.633. The van der Waals surface area contributed by atoms with Crippen LogP contribution in [0.15, 0.2) is 72.8 Å². The van der Waals surface area contributed by atoms with E-state index in [1.165, 1.54) is 4.70 Å². The Labute approximate surface area is 166 Å². The first kappa shape index (κ1) is 16.8. The Morgan fingerprint density at radius 2 is 1.57 bits per heavy atom. The first-order valence-corrected chi connectivity index (χ1v) is 10.0. The van der Waals surface area contributed by atoms with E-state index in [4.69, 9.17) is 9.97 Å². The lowest BCUT2D eigenvalue weighted by Gasteiger charge is -2.13. The summed E-state index contributed by atoms with van der Waals surface area (Å²) < 4.78 is 1.20. The number of aromatic nitrogens is 3. The Morgan fingerprint density at radius 1 is 0.786 bits per heavy atom. The number of hydrogen-bond acceptors (Lipinski definition) is 5. The molecule has 28 heavy (non-hydrogen) atoms. The molecule has 3 aromatic carbocycles. The molecule has 0 aliphatic heterocycles. The lowest BCUT2D eigenvalue weighted by atomic mass is 10.0. The molecule has 0 fully saturated rings. The van der Waals surface area contributed by atoms with Gasteiger partial charge >= 0.3 is 0 Å². The van der Waals surface area contributed by atoms with Gasteiger partial charge in [-0.05, 0) is 36.2 Å². The van der Waals surface area contributed by atoms with Crippen LogP contribution in [0.3, 0.4) is 0 Å². The largest absolute Gasteiger partial charge is 0.363 e. The van der Waals surface area contributed by atoms with E-state index in [2.05, 4.69) is 52.8 Å². The normalized spacial score (nSPS) is 11.2. The molecular formula is C23H18N4S. The maximum absolute atomic E-state index is 4.72. The number of fused-ring (bicyclic) bond motifs is 2. The predicted octanol–water partition coefficient (Wildman–Crippen LogP) is 5.83. The highest BCUT2D eigenvalue weighted by atomic mass is 32.1. The van der Waals surface area contributed by atoms with E-state index in [0.717, 1.165) is 44.2 Å². The van der Waals surface area contributed by atoms with Gasteiger partial charge in [-0.3, -0.25) is 0 Å². The summed E-state index contributed by atoms with van der Waals surface area (Å²) in [7, 11) is 0. The smallest absolute Gasteiger partial charge is 0.138 e. The van der Waals surface area contributed by atoms with Crippen molar-refractivity contribution in [2.24, 2.45) is 0 Å². The molecule has 0 amide bonds. The second-order valence-corrected chi connectivity index (χ2v) is 7.73. The molecular weight excluding hydrogens is 364 g/mol. The molecule has 2 heterocycles. The molecule has 0 saturated heterocycles. The lowest BCUT2D eigenvalue weighted by molar-refractivity contribution is 1.04. The van der Waals surface area contributed by atoms with Gasteiger partial charge in [0, 0.05) is 0 Å². The van der Waals surface area contributed by atoms with Crippen LogP contribution in [0, 0.1) is 6.92 Å². The van der Waals surface area contributed by atoms with Gasteiger partial charge in [-0.25, -0.2) is 15.0 Å². The van der Waals surface area contributed by atoms with Crippen LogP contribution in [0.2, 0.25) is 0 Å². The molecule has 0 aliphatic carbocycles. The second-order valence-electron chi connectivity index (χ2n) is 6.61. The zero-order valence-corrected chi connectivity index (χ0v) is 16.2. The molecule has 5 rings (SSSR count). The third kappa shape index (κ3) is 3.10. The number of hydrogen-bond donors (Lipinski definition) is 1. The van der Waals surface area contributed by atoms with Crippen molar-refractivity contribution < 1.29 is 0 Å². The van der Waals surface area contributed by atoms with E-state index >= 15 is 0 Å². The fourth-order valence-electron chi connectivity index (χ4n) is 3.44. The minimum atomic E-state index is 0.633. The van der Waals surface area contributed by atoms with Crippen molar-refractivity contribution in [3.05, 3.63) is 83.6 Å². The summed E-state index contributed by atoms with van der Waals surface area (Å²) in [5.41, 5.74) is 4.27. The zero-order valence-electron chi connectivity index (χ0n) is 15.4. The summed E-state index contributed by atoms with van der Waals surface area (Å²) in [6.07, 6.45) is 0. The summed E-state index contributed by atoms with van der Waals surface area (Å²) in [5.74, 6) is 1.60. The maximum atomic E-state index is 4.72. The van der Waals surface area contributed by atoms with Crippen LogP contribution in [0.5, 0.6) is 0 Å². The molecule has 0 bridgehead atoms. The van der Waals surface area contributed by atoms with Crippen molar-refractivity contribution in [2.45, 2.75) is 13.5 Å². The Morgan fingerprint density at radius 3 is 2.43 bits per heavy atom. The van der Waals surface area contributed by atoms with Crippen LogP contribution in [0.25, 0.3) is 32.2 Å². The van der Waals surface area contributed by atoms with Gasteiger partial charge in [0.15, 0.2) is 0 Å². The molecule has 0 saturated carbocycles. The van der Waals surface area contributed by atoms with E-state index in [1.54, 1.807) is 11.3 Å². The van der Waals surface area contributed by atoms with Crippen molar-refractivity contribution >= 4 is 38.3 Å². The number of nitrogens with zero attached hydrogens (tertiary/aromatic N) is 3.